The molecule has 0 aromatic heterocycles. The monoisotopic (exact) mass is 468 g/mol. The first-order valence-corrected chi connectivity index (χ1v) is 14.0. The summed E-state index contributed by atoms with van der Waals surface area (Å²) in [5, 5.41) is 10.2. The van der Waals surface area contributed by atoms with Gasteiger partial charge in [0.1, 0.15) is 5.78 Å². The Bertz CT molecular complexity index is 908. The van der Waals surface area contributed by atoms with Crippen LogP contribution in [0.2, 0.25) is 0 Å². The average molecular weight is 469 g/mol. The average Bonchev–Trinajstić information content (AvgIpc) is 3.03. The Balaban J connectivity index is 1.74. The van der Waals surface area contributed by atoms with Crippen molar-refractivity contribution in [1.82, 2.24) is 0 Å². The van der Waals surface area contributed by atoms with Gasteiger partial charge in [-0.05, 0) is 66.6 Å². The number of ketones is 1. The van der Waals surface area contributed by atoms with E-state index in [-0.39, 0.29) is 28.1 Å². The van der Waals surface area contributed by atoms with Gasteiger partial charge in [0.15, 0.2) is 0 Å². The summed E-state index contributed by atoms with van der Waals surface area (Å²) in [4.78, 5) is 25.2. The van der Waals surface area contributed by atoms with Crippen molar-refractivity contribution < 1.29 is 14.7 Å². The Morgan fingerprint density at radius 2 is 1.74 bits per heavy atom. The summed E-state index contributed by atoms with van der Waals surface area (Å²) in [6, 6.07) is 0. The third-order valence-corrected chi connectivity index (χ3v) is 11.2. The Morgan fingerprint density at radius 3 is 2.38 bits per heavy atom. The Morgan fingerprint density at radius 1 is 1.03 bits per heavy atom. The van der Waals surface area contributed by atoms with E-state index in [0.717, 1.165) is 38.0 Å². The quantitative estimate of drug-likeness (QED) is 0.385. The first-order chi connectivity index (χ1) is 15.8. The van der Waals surface area contributed by atoms with Gasteiger partial charge >= 0.3 is 5.97 Å². The van der Waals surface area contributed by atoms with Crippen LogP contribution in [-0.4, -0.2) is 16.9 Å². The molecule has 4 rings (SSSR count). The molecule has 34 heavy (non-hydrogen) atoms. The lowest BCUT2D eigenvalue weighted by Crippen LogP contribution is -2.55. The van der Waals surface area contributed by atoms with Crippen LogP contribution in [0.3, 0.4) is 0 Å². The molecule has 1 fully saturated rings. The molecule has 0 aromatic rings. The van der Waals surface area contributed by atoms with Gasteiger partial charge in [-0.2, -0.15) is 0 Å². The Labute approximate surface area is 207 Å². The minimum Gasteiger partial charge on any atom is -0.481 e. The first kappa shape index (κ1) is 25.7. The van der Waals surface area contributed by atoms with Crippen LogP contribution < -0.4 is 0 Å². The number of aliphatic carboxylic acids is 1. The fourth-order valence-electron chi connectivity index (χ4n) is 9.25. The van der Waals surface area contributed by atoms with Crippen molar-refractivity contribution in [2.24, 2.45) is 45.3 Å². The van der Waals surface area contributed by atoms with Gasteiger partial charge < -0.3 is 5.11 Å². The van der Waals surface area contributed by atoms with E-state index < -0.39 is 5.97 Å². The molecule has 0 aromatic carbocycles. The fourth-order valence-corrected chi connectivity index (χ4v) is 9.25. The van der Waals surface area contributed by atoms with Crippen molar-refractivity contribution in [2.45, 2.75) is 113 Å². The van der Waals surface area contributed by atoms with Crippen LogP contribution in [-0.2, 0) is 9.59 Å². The van der Waals surface area contributed by atoms with E-state index in [9.17, 15) is 14.7 Å². The molecule has 1 saturated carbocycles. The number of fused-ring (bicyclic) bond motifs is 4. The third kappa shape index (κ3) is 3.66. The van der Waals surface area contributed by atoms with Crippen molar-refractivity contribution in [2.75, 3.05) is 0 Å². The van der Waals surface area contributed by atoms with Crippen molar-refractivity contribution in [3.05, 3.63) is 23.3 Å². The van der Waals surface area contributed by atoms with Crippen molar-refractivity contribution in [1.29, 1.82) is 0 Å². The second-order valence-electron chi connectivity index (χ2n) is 13.8. The van der Waals surface area contributed by atoms with E-state index in [1.165, 1.54) is 30.4 Å². The van der Waals surface area contributed by atoms with E-state index in [2.05, 4.69) is 60.6 Å². The van der Waals surface area contributed by atoms with Crippen LogP contribution >= 0.6 is 0 Å². The smallest absolute Gasteiger partial charge is 0.304 e. The Hall–Kier alpha value is -1.38. The molecule has 190 valence electrons. The molecule has 0 spiro atoms. The molecular weight excluding hydrogens is 420 g/mol. The van der Waals surface area contributed by atoms with Crippen LogP contribution in [0.15, 0.2) is 23.3 Å². The maximum Gasteiger partial charge on any atom is 0.304 e. The van der Waals surface area contributed by atoms with Gasteiger partial charge in [-0.15, -0.1) is 0 Å². The van der Waals surface area contributed by atoms with Gasteiger partial charge in [0.2, 0.25) is 0 Å². The maximum atomic E-state index is 12.9. The highest BCUT2D eigenvalue weighted by Gasteiger charge is 2.63. The number of carboxylic acid groups (broad SMARTS) is 1. The highest BCUT2D eigenvalue weighted by molar-refractivity contribution is 5.86. The van der Waals surface area contributed by atoms with Gasteiger partial charge in [0.25, 0.3) is 0 Å². The second kappa shape index (κ2) is 8.63. The summed E-state index contributed by atoms with van der Waals surface area (Å²) >= 11 is 0. The van der Waals surface area contributed by atoms with E-state index in [1.807, 2.05) is 0 Å². The molecule has 0 aliphatic heterocycles. The SMILES string of the molecule is CC(C)CCC[C@@H](C)[C@H]1C=C[C@@]2(CC(=O)O)C3=C(CC[C@]12C)[C@@]1(C)CCC(=O)C(C)(C)C1CC3. The fraction of sp³-hybridized carbons (Fsp3) is 0.806. The summed E-state index contributed by atoms with van der Waals surface area (Å²) < 4.78 is 0. The highest BCUT2D eigenvalue weighted by Crippen LogP contribution is 2.71. The highest BCUT2D eigenvalue weighted by atomic mass is 16.4. The second-order valence-corrected chi connectivity index (χ2v) is 13.8. The lowest BCUT2D eigenvalue weighted by molar-refractivity contribution is -0.142. The lowest BCUT2D eigenvalue weighted by atomic mass is 9.42. The minimum absolute atomic E-state index is 0.0205. The molecule has 6 atom stereocenters. The van der Waals surface area contributed by atoms with E-state index >= 15 is 0 Å². The summed E-state index contributed by atoms with van der Waals surface area (Å²) in [6.45, 7) is 16.1. The van der Waals surface area contributed by atoms with Crippen LogP contribution in [0.4, 0.5) is 0 Å². The zero-order valence-corrected chi connectivity index (χ0v) is 22.8. The number of hydrogen-bond donors (Lipinski definition) is 1. The number of carbonyl (C=O) groups is 2. The molecule has 1 unspecified atom stereocenters. The molecule has 0 bridgehead atoms. The van der Waals surface area contributed by atoms with E-state index in [0.29, 0.717) is 30.0 Å². The summed E-state index contributed by atoms with van der Waals surface area (Å²) in [5.74, 6) is 1.83. The molecule has 1 N–H and O–H groups in total. The van der Waals surface area contributed by atoms with Gasteiger partial charge in [-0.1, -0.05) is 91.0 Å². The van der Waals surface area contributed by atoms with E-state index in [1.54, 1.807) is 0 Å². The van der Waals surface area contributed by atoms with Crippen LogP contribution in [0.5, 0.6) is 0 Å². The molecule has 3 heteroatoms. The van der Waals surface area contributed by atoms with Crippen molar-refractivity contribution >= 4 is 11.8 Å². The number of allylic oxidation sites excluding steroid dienone is 4. The number of Topliss-reactive ketones (excluding diaryl/α,β-unsaturated/α-hetero) is 1. The lowest BCUT2D eigenvalue weighted by Gasteiger charge is -2.61. The molecule has 0 heterocycles. The standard InChI is InChI=1S/C31H48O3/c1-20(2)9-8-10-21(3)22-14-18-31(19-27(33)34)24-11-12-25-28(4,5)26(32)15-16-29(25,6)23(24)13-17-30(22,31)7/h14,18,20-22,25H,8-13,15-17,19H2,1-7H3,(H,33,34)/t21-,22-,25?,29-,30-,31-/m1/s1. The van der Waals surface area contributed by atoms with Crippen LogP contribution in [0, 0.1) is 45.3 Å². The zero-order chi connectivity index (χ0) is 25.1. The van der Waals surface area contributed by atoms with Gasteiger partial charge in [0, 0.05) is 17.3 Å². The largest absolute Gasteiger partial charge is 0.481 e. The predicted octanol–water partition coefficient (Wildman–Crippen LogP) is 8.00. The third-order valence-electron chi connectivity index (χ3n) is 11.2. The van der Waals surface area contributed by atoms with Crippen LogP contribution in [0.1, 0.15) is 113 Å². The molecule has 0 saturated heterocycles. The predicted molar refractivity (Wildman–Crippen MR) is 138 cm³/mol. The summed E-state index contributed by atoms with van der Waals surface area (Å²) in [6.07, 6.45) is 14.4. The molecule has 4 aliphatic carbocycles. The topological polar surface area (TPSA) is 54.4 Å². The molecule has 0 amide bonds. The number of carbonyl (C=O) groups excluding carboxylic acids is 1. The van der Waals surface area contributed by atoms with Gasteiger partial charge in [0.05, 0.1) is 6.42 Å². The van der Waals surface area contributed by atoms with Crippen molar-refractivity contribution in [3.8, 4) is 0 Å². The molecular formula is C31H48O3. The van der Waals surface area contributed by atoms with Crippen molar-refractivity contribution in [3.63, 3.8) is 0 Å². The van der Waals surface area contributed by atoms with Gasteiger partial charge in [-0.25, -0.2) is 0 Å². The molecule has 0 radical (unpaired) electrons. The molecule has 4 aliphatic rings. The number of hydrogen-bond acceptors (Lipinski definition) is 2. The first-order valence-electron chi connectivity index (χ1n) is 14.0. The zero-order valence-electron chi connectivity index (χ0n) is 22.8. The summed E-state index contributed by atoms with van der Waals surface area (Å²) in [7, 11) is 0. The molecule has 3 nitrogen and oxygen atoms in total. The Kier molecular flexibility index (Phi) is 6.52. The van der Waals surface area contributed by atoms with Gasteiger partial charge in [-0.3, -0.25) is 9.59 Å². The normalized spacial score (nSPS) is 39.6. The van der Waals surface area contributed by atoms with E-state index in [4.69, 9.17) is 0 Å². The number of carboxylic acids is 1. The summed E-state index contributed by atoms with van der Waals surface area (Å²) in [5.41, 5.74) is 2.30. The number of rotatable bonds is 7. The minimum atomic E-state index is -0.677. The van der Waals surface area contributed by atoms with Crippen LogP contribution in [0.25, 0.3) is 0 Å². The maximum absolute atomic E-state index is 12.9.